The molecule has 0 radical (unpaired) electrons. The van der Waals surface area contributed by atoms with Crippen molar-refractivity contribution in [2.24, 2.45) is 17.8 Å². The summed E-state index contributed by atoms with van der Waals surface area (Å²) < 4.78 is 0. The first-order chi connectivity index (χ1) is 5.74. The SMILES string of the molecule is CC(C)C(CNC(C)(C)C)C(C)C. The van der Waals surface area contributed by atoms with E-state index < -0.39 is 0 Å². The molecule has 0 spiro atoms. The topological polar surface area (TPSA) is 12.0 Å². The lowest BCUT2D eigenvalue weighted by atomic mass is 9.85. The molecule has 0 aliphatic rings. The van der Waals surface area contributed by atoms with Crippen LogP contribution in [0.2, 0.25) is 0 Å². The van der Waals surface area contributed by atoms with Crippen LogP contribution in [-0.4, -0.2) is 12.1 Å². The molecular weight excluding hydrogens is 158 g/mol. The van der Waals surface area contributed by atoms with Crippen LogP contribution >= 0.6 is 0 Å². The van der Waals surface area contributed by atoms with Crippen LogP contribution in [0.25, 0.3) is 0 Å². The molecule has 0 bridgehead atoms. The molecule has 0 rings (SSSR count). The predicted octanol–water partition coefficient (Wildman–Crippen LogP) is 3.30. The first kappa shape index (κ1) is 13.0. The largest absolute Gasteiger partial charge is 0.312 e. The van der Waals surface area contributed by atoms with E-state index in [1.54, 1.807) is 0 Å². The zero-order valence-electron chi connectivity index (χ0n) is 10.4. The first-order valence-corrected chi connectivity index (χ1v) is 5.49. The van der Waals surface area contributed by atoms with Crippen LogP contribution < -0.4 is 5.32 Å². The highest BCUT2D eigenvalue weighted by Gasteiger charge is 2.19. The second kappa shape index (κ2) is 4.99. The van der Waals surface area contributed by atoms with E-state index in [9.17, 15) is 0 Å². The Hall–Kier alpha value is -0.0400. The van der Waals surface area contributed by atoms with Gasteiger partial charge in [-0.3, -0.25) is 0 Å². The molecule has 0 saturated heterocycles. The van der Waals surface area contributed by atoms with E-state index in [-0.39, 0.29) is 5.54 Å². The van der Waals surface area contributed by atoms with E-state index in [0.29, 0.717) is 0 Å². The number of nitrogens with one attached hydrogen (secondary N) is 1. The third-order valence-electron chi connectivity index (χ3n) is 2.58. The van der Waals surface area contributed by atoms with Crippen LogP contribution in [-0.2, 0) is 0 Å². The fourth-order valence-electron chi connectivity index (χ4n) is 1.67. The monoisotopic (exact) mass is 185 g/mol. The van der Waals surface area contributed by atoms with Gasteiger partial charge in [0.25, 0.3) is 0 Å². The Morgan fingerprint density at radius 2 is 1.31 bits per heavy atom. The van der Waals surface area contributed by atoms with Crippen molar-refractivity contribution in [3.63, 3.8) is 0 Å². The molecule has 0 aliphatic heterocycles. The van der Waals surface area contributed by atoms with Gasteiger partial charge in [0.1, 0.15) is 0 Å². The van der Waals surface area contributed by atoms with E-state index in [0.717, 1.165) is 24.3 Å². The van der Waals surface area contributed by atoms with Gasteiger partial charge in [-0.05, 0) is 45.1 Å². The Labute approximate surface area is 84.3 Å². The predicted molar refractivity (Wildman–Crippen MR) is 60.9 cm³/mol. The molecule has 0 saturated carbocycles. The fourth-order valence-corrected chi connectivity index (χ4v) is 1.67. The third kappa shape index (κ3) is 6.09. The molecule has 0 atom stereocenters. The van der Waals surface area contributed by atoms with Gasteiger partial charge in [0.15, 0.2) is 0 Å². The zero-order chi connectivity index (χ0) is 10.6. The summed E-state index contributed by atoms with van der Waals surface area (Å²) in [5.74, 6) is 2.34. The van der Waals surface area contributed by atoms with Crippen LogP contribution in [0.5, 0.6) is 0 Å². The lowest BCUT2D eigenvalue weighted by molar-refractivity contribution is 0.250. The summed E-state index contributed by atoms with van der Waals surface area (Å²) in [6.45, 7) is 17.1. The van der Waals surface area contributed by atoms with Gasteiger partial charge in [0.05, 0.1) is 0 Å². The van der Waals surface area contributed by atoms with Gasteiger partial charge in [-0.2, -0.15) is 0 Å². The molecule has 1 nitrogen and oxygen atoms in total. The van der Waals surface area contributed by atoms with Crippen molar-refractivity contribution in [3.05, 3.63) is 0 Å². The summed E-state index contributed by atoms with van der Waals surface area (Å²) in [4.78, 5) is 0. The summed E-state index contributed by atoms with van der Waals surface area (Å²) >= 11 is 0. The van der Waals surface area contributed by atoms with Crippen molar-refractivity contribution in [1.82, 2.24) is 5.32 Å². The number of hydrogen-bond donors (Lipinski definition) is 1. The highest BCUT2D eigenvalue weighted by molar-refractivity contribution is 4.76. The van der Waals surface area contributed by atoms with Gasteiger partial charge < -0.3 is 5.32 Å². The smallest absolute Gasteiger partial charge is 0.00966 e. The molecule has 0 aromatic heterocycles. The van der Waals surface area contributed by atoms with Crippen molar-refractivity contribution < 1.29 is 0 Å². The second-order valence-electron chi connectivity index (χ2n) is 5.78. The van der Waals surface area contributed by atoms with Crippen molar-refractivity contribution >= 4 is 0 Å². The molecule has 0 aliphatic carbocycles. The Balaban J connectivity index is 3.98. The van der Waals surface area contributed by atoms with Crippen molar-refractivity contribution in [1.29, 1.82) is 0 Å². The molecule has 0 aromatic rings. The Morgan fingerprint density at radius 1 is 0.923 bits per heavy atom. The first-order valence-electron chi connectivity index (χ1n) is 5.49. The maximum absolute atomic E-state index is 3.58. The van der Waals surface area contributed by atoms with E-state index in [2.05, 4.69) is 53.8 Å². The van der Waals surface area contributed by atoms with Crippen molar-refractivity contribution in [3.8, 4) is 0 Å². The minimum absolute atomic E-state index is 0.252. The van der Waals surface area contributed by atoms with Crippen molar-refractivity contribution in [2.75, 3.05) is 6.54 Å². The highest BCUT2D eigenvalue weighted by Crippen LogP contribution is 2.20. The quantitative estimate of drug-likeness (QED) is 0.708. The zero-order valence-corrected chi connectivity index (χ0v) is 10.4. The molecule has 13 heavy (non-hydrogen) atoms. The Morgan fingerprint density at radius 3 is 1.54 bits per heavy atom. The maximum Gasteiger partial charge on any atom is 0.00966 e. The molecule has 1 N–H and O–H groups in total. The normalized spacial score (nSPS) is 13.4. The van der Waals surface area contributed by atoms with Crippen LogP contribution in [0.15, 0.2) is 0 Å². The van der Waals surface area contributed by atoms with Crippen LogP contribution in [0.3, 0.4) is 0 Å². The third-order valence-corrected chi connectivity index (χ3v) is 2.58. The van der Waals surface area contributed by atoms with Gasteiger partial charge in [0.2, 0.25) is 0 Å². The average molecular weight is 185 g/mol. The molecule has 0 fully saturated rings. The summed E-state index contributed by atoms with van der Waals surface area (Å²) in [5.41, 5.74) is 0.252. The lowest BCUT2D eigenvalue weighted by Crippen LogP contribution is -2.41. The number of rotatable bonds is 4. The second-order valence-corrected chi connectivity index (χ2v) is 5.78. The van der Waals surface area contributed by atoms with Gasteiger partial charge >= 0.3 is 0 Å². The maximum atomic E-state index is 3.58. The molecule has 0 amide bonds. The van der Waals surface area contributed by atoms with Crippen molar-refractivity contribution in [2.45, 2.75) is 54.0 Å². The van der Waals surface area contributed by atoms with E-state index in [1.807, 2.05) is 0 Å². The molecule has 0 heterocycles. The molecule has 0 unspecified atom stereocenters. The van der Waals surface area contributed by atoms with E-state index in [1.165, 1.54) is 0 Å². The van der Waals surface area contributed by atoms with Crippen LogP contribution in [0, 0.1) is 17.8 Å². The Bertz CT molecular complexity index is 123. The van der Waals surface area contributed by atoms with Gasteiger partial charge in [0, 0.05) is 5.54 Å². The van der Waals surface area contributed by atoms with E-state index >= 15 is 0 Å². The minimum atomic E-state index is 0.252. The standard InChI is InChI=1S/C12H27N/c1-9(2)11(10(3)4)8-13-12(5,6)7/h9-11,13H,8H2,1-7H3. The van der Waals surface area contributed by atoms with Gasteiger partial charge in [-0.25, -0.2) is 0 Å². The summed E-state index contributed by atoms with van der Waals surface area (Å²) in [7, 11) is 0. The van der Waals surface area contributed by atoms with Crippen LogP contribution in [0.4, 0.5) is 0 Å². The molecule has 1 heteroatoms. The summed E-state index contributed by atoms with van der Waals surface area (Å²) in [6.07, 6.45) is 0. The molecular formula is C12H27N. The lowest BCUT2D eigenvalue weighted by Gasteiger charge is -2.30. The molecule has 0 aromatic carbocycles. The van der Waals surface area contributed by atoms with E-state index in [4.69, 9.17) is 0 Å². The average Bonchev–Trinajstić information content (AvgIpc) is 1.82. The summed E-state index contributed by atoms with van der Waals surface area (Å²) in [6, 6.07) is 0. The summed E-state index contributed by atoms with van der Waals surface area (Å²) in [5, 5.41) is 3.58. The number of hydrogen-bond acceptors (Lipinski definition) is 1. The minimum Gasteiger partial charge on any atom is -0.312 e. The van der Waals surface area contributed by atoms with Gasteiger partial charge in [-0.15, -0.1) is 0 Å². The Kier molecular flexibility index (Phi) is 4.98. The molecule has 80 valence electrons. The highest BCUT2D eigenvalue weighted by atomic mass is 14.9. The van der Waals surface area contributed by atoms with Gasteiger partial charge in [-0.1, -0.05) is 27.7 Å². The van der Waals surface area contributed by atoms with Crippen LogP contribution in [0.1, 0.15) is 48.5 Å². The fraction of sp³-hybridized carbons (Fsp3) is 1.00.